The second-order valence-corrected chi connectivity index (χ2v) is 13.3. The number of hydrogen-bond acceptors (Lipinski definition) is 4. The Morgan fingerprint density at radius 3 is 1.30 bits per heavy atom. The Morgan fingerprint density at radius 2 is 0.975 bits per heavy atom. The summed E-state index contributed by atoms with van der Waals surface area (Å²) in [5, 5.41) is 10.8. The van der Waals surface area contributed by atoms with Crippen LogP contribution < -0.4 is 0 Å². The zero-order chi connectivity index (χ0) is 30.3. The summed E-state index contributed by atoms with van der Waals surface area (Å²) in [5.74, 6) is -0.408. The average Bonchev–Trinajstić information content (AvgIpc) is 3.10. The molecule has 0 bridgehead atoms. The smallest absolute Gasteiger partial charge is 0.227 e. The van der Waals surface area contributed by atoms with Crippen molar-refractivity contribution in [2.45, 2.75) is 131 Å². The first-order valence-electron chi connectivity index (χ1n) is 14.8. The highest BCUT2D eigenvalue weighted by Crippen LogP contribution is 2.48. The van der Waals surface area contributed by atoms with Crippen LogP contribution in [0.3, 0.4) is 0 Å². The molecule has 1 heterocycles. The zero-order valence-electron chi connectivity index (χ0n) is 26.7. The molecule has 0 amide bonds. The van der Waals surface area contributed by atoms with Gasteiger partial charge in [0.25, 0.3) is 0 Å². The van der Waals surface area contributed by atoms with Gasteiger partial charge in [-0.3, -0.25) is 9.59 Å². The zero-order valence-corrected chi connectivity index (χ0v) is 27.5. The van der Waals surface area contributed by atoms with Gasteiger partial charge in [-0.1, -0.05) is 81.7 Å². The van der Waals surface area contributed by atoms with Crippen molar-refractivity contribution in [1.82, 2.24) is 0 Å². The molecule has 0 radical (unpaired) electrons. The Bertz CT molecular complexity index is 1040. The van der Waals surface area contributed by atoms with Crippen LogP contribution in [0.15, 0.2) is 81.2 Å². The quantitative estimate of drug-likeness (QED) is 0.140. The van der Waals surface area contributed by atoms with E-state index in [9.17, 15) is 14.7 Å². The second kappa shape index (κ2) is 18.2. The van der Waals surface area contributed by atoms with Gasteiger partial charge in [-0.2, -0.15) is 0 Å². The molecule has 0 saturated carbocycles. The molecule has 4 heteroatoms. The number of aliphatic hydroxyl groups is 1. The normalized spacial score (nSPS) is 16.5. The average molecular weight is 567 g/mol. The molecule has 0 fully saturated rings. The van der Waals surface area contributed by atoms with Crippen LogP contribution in [0.1, 0.15) is 127 Å². The molecule has 0 aromatic carbocycles. The summed E-state index contributed by atoms with van der Waals surface area (Å²) >= 11 is 1.11. The van der Waals surface area contributed by atoms with Crippen molar-refractivity contribution in [1.29, 1.82) is 0 Å². The molecule has 0 aromatic heterocycles. The molecule has 40 heavy (non-hydrogen) atoms. The summed E-state index contributed by atoms with van der Waals surface area (Å²) in [6.07, 6.45) is 22.7. The summed E-state index contributed by atoms with van der Waals surface area (Å²) in [6, 6.07) is 0. The van der Waals surface area contributed by atoms with Gasteiger partial charge in [-0.05, 0) is 127 Å². The van der Waals surface area contributed by atoms with Crippen LogP contribution >= 0.6 is 11.8 Å². The van der Waals surface area contributed by atoms with E-state index in [0.717, 1.165) is 63.1 Å². The minimum absolute atomic E-state index is 0.0352. The van der Waals surface area contributed by atoms with Crippen molar-refractivity contribution in [2.75, 3.05) is 0 Å². The van der Waals surface area contributed by atoms with Crippen LogP contribution in [0.5, 0.6) is 0 Å². The van der Waals surface area contributed by atoms with Crippen molar-refractivity contribution in [3.63, 3.8) is 0 Å². The fourth-order valence-corrected chi connectivity index (χ4v) is 5.86. The number of rotatable bonds is 17. The van der Waals surface area contributed by atoms with Crippen LogP contribution in [0.4, 0.5) is 0 Å². The number of Topliss-reactive ketones (excluding diaryl/α,β-unsaturated/α-hetero) is 1. The Labute approximate surface area is 249 Å². The van der Waals surface area contributed by atoms with E-state index in [1.165, 1.54) is 40.4 Å². The maximum absolute atomic E-state index is 12.7. The number of aliphatic hydroxyl groups excluding tert-OH is 1. The molecule has 0 saturated heterocycles. The van der Waals surface area contributed by atoms with Gasteiger partial charge in [0, 0.05) is 0 Å². The predicted octanol–water partition coefficient (Wildman–Crippen LogP) is 11.0. The summed E-state index contributed by atoms with van der Waals surface area (Å²) in [7, 11) is 0. The molecule has 0 aromatic rings. The summed E-state index contributed by atoms with van der Waals surface area (Å²) < 4.78 is -0.813. The Hall–Kier alpha value is -2.33. The van der Waals surface area contributed by atoms with Gasteiger partial charge in [0.1, 0.15) is 11.3 Å². The van der Waals surface area contributed by atoms with Crippen molar-refractivity contribution in [2.24, 2.45) is 0 Å². The molecule has 1 aliphatic rings. The number of allylic oxidation sites excluding steroid dienone is 12. The minimum Gasteiger partial charge on any atom is -0.510 e. The summed E-state index contributed by atoms with van der Waals surface area (Å²) in [5.41, 5.74) is 7.96. The topological polar surface area (TPSA) is 54.4 Å². The highest BCUT2D eigenvalue weighted by atomic mass is 32.2. The third kappa shape index (κ3) is 13.4. The first-order valence-corrected chi connectivity index (χ1v) is 15.7. The number of carbonyl (C=O) groups is 2. The van der Waals surface area contributed by atoms with Gasteiger partial charge in [-0.25, -0.2) is 0 Å². The van der Waals surface area contributed by atoms with Crippen LogP contribution in [0, 0.1) is 0 Å². The van der Waals surface area contributed by atoms with E-state index in [4.69, 9.17) is 0 Å². The van der Waals surface area contributed by atoms with E-state index in [0.29, 0.717) is 12.8 Å². The fourth-order valence-electron chi connectivity index (χ4n) is 4.63. The molecule has 1 rings (SSSR count). The van der Waals surface area contributed by atoms with Gasteiger partial charge in [-0.15, -0.1) is 0 Å². The molecule has 3 nitrogen and oxygen atoms in total. The first kappa shape index (κ1) is 35.7. The van der Waals surface area contributed by atoms with Gasteiger partial charge in [0.15, 0.2) is 5.78 Å². The molecule has 222 valence electrons. The second-order valence-electron chi connectivity index (χ2n) is 12.0. The summed E-state index contributed by atoms with van der Waals surface area (Å²) in [4.78, 5) is 24.9. The van der Waals surface area contributed by atoms with Crippen molar-refractivity contribution >= 4 is 22.7 Å². The fraction of sp³-hybridized carbons (Fsp3) is 0.556. The Morgan fingerprint density at radius 1 is 0.625 bits per heavy atom. The van der Waals surface area contributed by atoms with Gasteiger partial charge < -0.3 is 5.11 Å². The monoisotopic (exact) mass is 566 g/mol. The van der Waals surface area contributed by atoms with Crippen molar-refractivity contribution < 1.29 is 14.7 Å². The molecule has 0 atom stereocenters. The van der Waals surface area contributed by atoms with Crippen LogP contribution in [-0.2, 0) is 9.59 Å². The van der Waals surface area contributed by atoms with Crippen LogP contribution in [-0.4, -0.2) is 20.8 Å². The summed E-state index contributed by atoms with van der Waals surface area (Å²) in [6.45, 7) is 18.5. The highest BCUT2D eigenvalue weighted by molar-refractivity contribution is 8.16. The minimum atomic E-state index is -0.813. The molecule has 1 N–H and O–H groups in total. The lowest BCUT2D eigenvalue weighted by Gasteiger charge is -2.26. The van der Waals surface area contributed by atoms with E-state index < -0.39 is 4.75 Å². The lowest BCUT2D eigenvalue weighted by molar-refractivity contribution is -0.116. The number of thioether (sulfide) groups is 1. The van der Waals surface area contributed by atoms with E-state index in [1.54, 1.807) is 0 Å². The maximum atomic E-state index is 12.7. The van der Waals surface area contributed by atoms with Gasteiger partial charge >= 0.3 is 0 Å². The Kier molecular flexibility index (Phi) is 16.2. The largest absolute Gasteiger partial charge is 0.510 e. The first-order chi connectivity index (χ1) is 18.8. The molecule has 1 aliphatic heterocycles. The lowest BCUT2D eigenvalue weighted by Crippen LogP contribution is -2.24. The molecule has 0 spiro atoms. The Balaban J connectivity index is 2.91. The van der Waals surface area contributed by atoms with Crippen molar-refractivity contribution in [3.8, 4) is 0 Å². The molecular formula is C36H54O3S. The molecule has 0 aliphatic carbocycles. The number of carbonyl (C=O) groups excluding carboxylic acids is 2. The molecular weight excluding hydrogens is 512 g/mol. The third-order valence-electron chi connectivity index (χ3n) is 7.32. The van der Waals surface area contributed by atoms with E-state index in [2.05, 4.69) is 91.8 Å². The van der Waals surface area contributed by atoms with Gasteiger partial charge in [0.05, 0.1) is 4.75 Å². The SMILES string of the molecule is CC(=O)C1=C(O)C(C/C=C(/C)CC/C=C(\C)CCC=C(C)C)(C/C=C(/C)CC/C=C(\C)CCC=C(C)C)SC1=O. The predicted molar refractivity (Wildman–Crippen MR) is 176 cm³/mol. The van der Waals surface area contributed by atoms with E-state index in [-0.39, 0.29) is 22.2 Å². The number of hydrogen-bond donors (Lipinski definition) is 1. The lowest BCUT2D eigenvalue weighted by atomic mass is 9.91. The third-order valence-corrected chi connectivity index (χ3v) is 8.63. The van der Waals surface area contributed by atoms with E-state index >= 15 is 0 Å². The van der Waals surface area contributed by atoms with Gasteiger partial charge in [0.2, 0.25) is 5.12 Å². The highest BCUT2D eigenvalue weighted by Gasteiger charge is 2.47. The maximum Gasteiger partial charge on any atom is 0.227 e. The van der Waals surface area contributed by atoms with E-state index in [1.807, 2.05) is 0 Å². The van der Waals surface area contributed by atoms with Crippen molar-refractivity contribution in [3.05, 3.63) is 81.2 Å². The van der Waals surface area contributed by atoms with Crippen LogP contribution in [0.25, 0.3) is 0 Å². The number of ketones is 1. The van der Waals surface area contributed by atoms with Crippen LogP contribution in [0.2, 0.25) is 0 Å². The molecule has 0 unspecified atom stereocenters. The standard InChI is InChI=1S/C36H54O3S/c1-26(2)14-10-16-28(5)18-12-20-30(7)22-24-36(34(38)33(32(9)37)35(39)40-36)25-23-31(8)21-13-19-29(6)17-11-15-27(3)4/h14-15,18-19,22-23,38H,10-13,16-17,20-21,24-25H2,1-9H3/b28-18+,29-19+,30-22-,31-23-.